The fraction of sp³-hybridized carbons (Fsp3) is 0.429. The van der Waals surface area contributed by atoms with Gasteiger partial charge in [0, 0.05) is 30.2 Å². The van der Waals surface area contributed by atoms with Crippen LogP contribution in [0.1, 0.15) is 16.5 Å². The van der Waals surface area contributed by atoms with Gasteiger partial charge in [0.15, 0.2) is 0 Å². The van der Waals surface area contributed by atoms with Crippen molar-refractivity contribution in [1.29, 1.82) is 0 Å². The van der Waals surface area contributed by atoms with E-state index in [-0.39, 0.29) is 11.9 Å². The van der Waals surface area contributed by atoms with Gasteiger partial charge >= 0.3 is 0 Å². The summed E-state index contributed by atoms with van der Waals surface area (Å²) in [6.07, 6.45) is 4.16. The molecule has 5 nitrogen and oxygen atoms in total. The highest BCUT2D eigenvalue weighted by Gasteiger charge is 2.17. The lowest BCUT2D eigenvalue weighted by Gasteiger charge is -2.23. The standard InChI is InChI=1S/C14H19ClN4OS/c1-18(2)12(10-7-17-19(3)9-10)8-16-14(20)6-11-4-5-13(15)21-11/h4-5,7,9,12H,6,8H2,1-3H3,(H,16,20)/t12-/m0/s1. The molecule has 114 valence electrons. The van der Waals surface area contributed by atoms with Gasteiger partial charge in [-0.25, -0.2) is 0 Å². The van der Waals surface area contributed by atoms with Crippen molar-refractivity contribution in [2.75, 3.05) is 20.6 Å². The fourth-order valence-electron chi connectivity index (χ4n) is 2.09. The molecule has 21 heavy (non-hydrogen) atoms. The van der Waals surface area contributed by atoms with E-state index >= 15 is 0 Å². The highest BCUT2D eigenvalue weighted by molar-refractivity contribution is 7.16. The molecule has 1 atom stereocenters. The number of thiophene rings is 1. The van der Waals surface area contributed by atoms with Gasteiger partial charge in [-0.05, 0) is 26.2 Å². The monoisotopic (exact) mass is 326 g/mol. The molecule has 2 rings (SSSR count). The Morgan fingerprint density at radius 1 is 1.52 bits per heavy atom. The first-order chi connectivity index (χ1) is 9.95. The van der Waals surface area contributed by atoms with Crippen LogP contribution in [-0.2, 0) is 18.3 Å². The second-order valence-corrected chi connectivity index (χ2v) is 6.91. The Kier molecular flexibility index (Phi) is 5.39. The van der Waals surface area contributed by atoms with Crippen LogP contribution in [0, 0.1) is 0 Å². The molecule has 0 spiro atoms. The molecule has 7 heteroatoms. The van der Waals surface area contributed by atoms with E-state index in [9.17, 15) is 4.79 Å². The van der Waals surface area contributed by atoms with Gasteiger partial charge in [0.25, 0.3) is 0 Å². The van der Waals surface area contributed by atoms with Crippen molar-refractivity contribution in [2.45, 2.75) is 12.5 Å². The fourth-order valence-corrected chi connectivity index (χ4v) is 3.17. The number of likely N-dealkylation sites (N-methyl/N-ethyl adjacent to an activating group) is 1. The van der Waals surface area contributed by atoms with Crippen molar-refractivity contribution >= 4 is 28.8 Å². The lowest BCUT2D eigenvalue weighted by molar-refractivity contribution is -0.120. The molecule has 2 aromatic rings. The molecular weight excluding hydrogens is 308 g/mol. The number of nitrogens with zero attached hydrogens (tertiary/aromatic N) is 3. The number of amides is 1. The molecule has 0 aliphatic rings. The summed E-state index contributed by atoms with van der Waals surface area (Å²) in [4.78, 5) is 15.0. The normalized spacial score (nSPS) is 12.6. The Bertz CT molecular complexity index is 608. The van der Waals surface area contributed by atoms with Crippen molar-refractivity contribution in [2.24, 2.45) is 7.05 Å². The van der Waals surface area contributed by atoms with E-state index < -0.39 is 0 Å². The lowest BCUT2D eigenvalue weighted by atomic mass is 10.1. The van der Waals surface area contributed by atoms with Gasteiger partial charge in [-0.1, -0.05) is 11.6 Å². The molecule has 1 amide bonds. The van der Waals surface area contributed by atoms with Crippen molar-refractivity contribution < 1.29 is 4.79 Å². The van der Waals surface area contributed by atoms with Gasteiger partial charge in [0.2, 0.25) is 5.91 Å². The zero-order chi connectivity index (χ0) is 15.4. The summed E-state index contributed by atoms with van der Waals surface area (Å²) < 4.78 is 2.47. The van der Waals surface area contributed by atoms with E-state index in [1.54, 1.807) is 4.68 Å². The van der Waals surface area contributed by atoms with E-state index in [2.05, 4.69) is 15.3 Å². The van der Waals surface area contributed by atoms with Crippen LogP contribution in [0.15, 0.2) is 24.5 Å². The Hall–Kier alpha value is -1.37. The summed E-state index contributed by atoms with van der Waals surface area (Å²) >= 11 is 7.30. The Morgan fingerprint density at radius 3 is 2.81 bits per heavy atom. The number of aryl methyl sites for hydroxylation is 1. The molecule has 0 saturated carbocycles. The smallest absolute Gasteiger partial charge is 0.225 e. The van der Waals surface area contributed by atoms with Crippen molar-refractivity contribution in [3.63, 3.8) is 0 Å². The van der Waals surface area contributed by atoms with Gasteiger partial charge in [-0.2, -0.15) is 5.10 Å². The molecule has 0 unspecified atom stereocenters. The number of halogens is 1. The molecule has 0 bridgehead atoms. The first kappa shape index (κ1) is 16.0. The summed E-state index contributed by atoms with van der Waals surface area (Å²) in [7, 11) is 5.86. The predicted molar refractivity (Wildman–Crippen MR) is 85.7 cm³/mol. The summed E-state index contributed by atoms with van der Waals surface area (Å²) in [6.45, 7) is 0.552. The van der Waals surface area contributed by atoms with Crippen LogP contribution in [0.5, 0.6) is 0 Å². The molecule has 1 N–H and O–H groups in total. The number of hydrogen-bond donors (Lipinski definition) is 1. The largest absolute Gasteiger partial charge is 0.354 e. The van der Waals surface area contributed by atoms with E-state index in [0.29, 0.717) is 17.3 Å². The highest BCUT2D eigenvalue weighted by atomic mass is 35.5. The highest BCUT2D eigenvalue weighted by Crippen LogP contribution is 2.22. The van der Waals surface area contributed by atoms with E-state index in [1.165, 1.54) is 11.3 Å². The average Bonchev–Trinajstić information content (AvgIpc) is 2.98. The van der Waals surface area contributed by atoms with Crippen molar-refractivity contribution in [1.82, 2.24) is 20.0 Å². The maximum atomic E-state index is 12.0. The molecular formula is C14H19ClN4OS. The maximum absolute atomic E-state index is 12.0. The number of carbonyl (C=O) groups excluding carboxylic acids is 1. The molecule has 0 radical (unpaired) electrons. The van der Waals surface area contributed by atoms with Crippen LogP contribution < -0.4 is 5.32 Å². The van der Waals surface area contributed by atoms with Crippen LogP contribution in [0.4, 0.5) is 0 Å². The SMILES string of the molecule is CN(C)[C@@H](CNC(=O)Cc1ccc(Cl)s1)c1cnn(C)c1. The molecule has 0 fully saturated rings. The molecule has 0 aliphatic heterocycles. The summed E-state index contributed by atoms with van der Waals surface area (Å²) in [5, 5.41) is 7.16. The van der Waals surface area contributed by atoms with Crippen LogP contribution in [0.2, 0.25) is 4.34 Å². The number of carbonyl (C=O) groups is 1. The second kappa shape index (κ2) is 7.06. The number of nitrogens with one attached hydrogen (secondary N) is 1. The molecule has 0 saturated heterocycles. The molecule has 2 aromatic heterocycles. The Morgan fingerprint density at radius 2 is 2.29 bits per heavy atom. The number of aromatic nitrogens is 2. The molecule has 2 heterocycles. The zero-order valence-corrected chi connectivity index (χ0v) is 13.9. The van der Waals surface area contributed by atoms with Gasteiger partial charge in [-0.3, -0.25) is 9.48 Å². The average molecular weight is 327 g/mol. The summed E-state index contributed by atoms with van der Waals surface area (Å²) in [5.74, 6) is 0.00394. The number of hydrogen-bond acceptors (Lipinski definition) is 4. The quantitative estimate of drug-likeness (QED) is 0.884. The maximum Gasteiger partial charge on any atom is 0.225 e. The van der Waals surface area contributed by atoms with Gasteiger partial charge < -0.3 is 10.2 Å². The minimum absolute atomic E-state index is 0.00394. The lowest BCUT2D eigenvalue weighted by Crippen LogP contribution is -2.35. The van der Waals surface area contributed by atoms with Gasteiger partial charge in [0.1, 0.15) is 0 Å². The summed E-state index contributed by atoms with van der Waals surface area (Å²) in [6, 6.07) is 3.80. The molecule has 0 aromatic carbocycles. The Labute approximate surface area is 133 Å². The molecule has 0 aliphatic carbocycles. The van der Waals surface area contributed by atoms with Crippen molar-refractivity contribution in [3.05, 3.63) is 39.3 Å². The van der Waals surface area contributed by atoms with E-state index in [1.807, 2.05) is 45.7 Å². The minimum Gasteiger partial charge on any atom is -0.354 e. The van der Waals surface area contributed by atoms with Crippen LogP contribution in [-0.4, -0.2) is 41.2 Å². The van der Waals surface area contributed by atoms with E-state index in [4.69, 9.17) is 11.6 Å². The topological polar surface area (TPSA) is 50.2 Å². The summed E-state index contributed by atoms with van der Waals surface area (Å²) in [5.41, 5.74) is 1.09. The number of rotatable bonds is 6. The zero-order valence-electron chi connectivity index (χ0n) is 12.3. The Balaban J connectivity index is 1.91. The first-order valence-electron chi connectivity index (χ1n) is 6.61. The van der Waals surface area contributed by atoms with Crippen molar-refractivity contribution in [3.8, 4) is 0 Å². The van der Waals surface area contributed by atoms with Crippen LogP contribution >= 0.6 is 22.9 Å². The third-order valence-electron chi connectivity index (χ3n) is 3.19. The first-order valence-corrected chi connectivity index (χ1v) is 7.81. The van der Waals surface area contributed by atoms with Gasteiger partial charge in [0.05, 0.1) is 23.0 Å². The third kappa shape index (κ3) is 4.56. The van der Waals surface area contributed by atoms with E-state index in [0.717, 1.165) is 10.4 Å². The van der Waals surface area contributed by atoms with Crippen LogP contribution in [0.25, 0.3) is 0 Å². The van der Waals surface area contributed by atoms with Crippen LogP contribution in [0.3, 0.4) is 0 Å². The second-order valence-electron chi connectivity index (χ2n) is 5.11. The predicted octanol–water partition coefficient (Wildman–Crippen LogP) is 2.10. The van der Waals surface area contributed by atoms with Gasteiger partial charge in [-0.15, -0.1) is 11.3 Å². The minimum atomic E-state index is 0.00394. The third-order valence-corrected chi connectivity index (χ3v) is 4.42.